The predicted octanol–water partition coefficient (Wildman–Crippen LogP) is 2.22. The molecule has 6 atom stereocenters. The molecule has 13 nitrogen and oxygen atoms in total. The standard InChI is InChI=1S/C22H25Cl2N4O9P/c1-13(2)34-19(30)14(3)36-38(32,37-15-7-5-4-6-8-15)33-12-16-18(29)22(24,9-10-23)20(35-16)28-21(31)27-17(25)11-26-28/h4-8,11,13-14,16,18,20,29H,12H2,1-3H3,(H2,25,27,31)/t14-,16+,18-,20+,22?,38-/m0/s1. The number of nitrogens with zero attached hydrogens (tertiary/aromatic N) is 3. The second kappa shape index (κ2) is 12.4. The molecule has 0 saturated carbocycles. The average Bonchev–Trinajstić information content (AvgIpc) is 3.08. The van der Waals surface area contributed by atoms with Crippen LogP contribution in [0.5, 0.6) is 5.75 Å². The third-order valence-corrected chi connectivity index (χ3v) is 7.04. The fourth-order valence-electron chi connectivity index (χ4n) is 3.27. The number of anilines is 1. The number of nitrogen functional groups attached to an aromatic ring is 1. The molecule has 206 valence electrons. The lowest BCUT2D eigenvalue weighted by Gasteiger charge is -2.25. The summed E-state index contributed by atoms with van der Waals surface area (Å²) in [5.41, 5.74) is 4.54. The van der Waals surface area contributed by atoms with E-state index in [9.17, 15) is 19.3 Å². The van der Waals surface area contributed by atoms with Gasteiger partial charge in [0.25, 0.3) is 0 Å². The maximum atomic E-state index is 13.6. The molecule has 16 heteroatoms. The van der Waals surface area contributed by atoms with Crippen molar-refractivity contribution in [2.45, 2.75) is 56.3 Å². The van der Waals surface area contributed by atoms with Crippen LogP contribution in [-0.4, -0.2) is 61.7 Å². The van der Waals surface area contributed by atoms with E-state index in [1.54, 1.807) is 32.0 Å². The molecule has 0 amide bonds. The number of phosphoric acid groups is 1. The molecule has 1 aromatic heterocycles. The number of alkyl halides is 1. The fourth-order valence-corrected chi connectivity index (χ4v) is 5.15. The molecular weight excluding hydrogens is 566 g/mol. The second-order valence-corrected chi connectivity index (χ2v) is 10.6. The van der Waals surface area contributed by atoms with Crippen LogP contribution in [0.2, 0.25) is 0 Å². The first-order chi connectivity index (χ1) is 17.9. The lowest BCUT2D eigenvalue weighted by atomic mass is 10.00. The van der Waals surface area contributed by atoms with Gasteiger partial charge in [0.15, 0.2) is 17.2 Å². The van der Waals surface area contributed by atoms with E-state index in [1.807, 2.05) is 0 Å². The minimum Gasteiger partial charge on any atom is -0.461 e. The molecule has 1 saturated heterocycles. The number of carbonyl (C=O) groups is 1. The Kier molecular flexibility index (Phi) is 9.78. The number of carbonyl (C=O) groups excluding carboxylic acids is 1. The Labute approximate surface area is 227 Å². The van der Waals surface area contributed by atoms with Gasteiger partial charge in [0.1, 0.15) is 23.8 Å². The van der Waals surface area contributed by atoms with Crippen LogP contribution in [0.4, 0.5) is 5.82 Å². The number of ether oxygens (including phenoxy) is 2. The Bertz CT molecular complexity index is 1300. The minimum absolute atomic E-state index is 0.106. The van der Waals surface area contributed by atoms with Gasteiger partial charge in [-0.3, -0.25) is 9.05 Å². The first-order valence-corrected chi connectivity index (χ1v) is 13.3. The van der Waals surface area contributed by atoms with Crippen LogP contribution in [0.25, 0.3) is 0 Å². The molecule has 1 unspecified atom stereocenters. The van der Waals surface area contributed by atoms with Crippen molar-refractivity contribution in [1.29, 1.82) is 0 Å². The molecule has 1 aromatic carbocycles. The number of rotatable bonds is 10. The number of halogens is 2. The molecule has 3 rings (SSSR count). The highest BCUT2D eigenvalue weighted by Gasteiger charge is 2.57. The molecule has 0 radical (unpaired) electrons. The molecule has 0 aliphatic carbocycles. The zero-order valence-electron chi connectivity index (χ0n) is 20.4. The second-order valence-electron chi connectivity index (χ2n) is 8.25. The number of aliphatic hydroxyl groups is 1. The van der Waals surface area contributed by atoms with E-state index >= 15 is 0 Å². The smallest absolute Gasteiger partial charge is 0.461 e. The first kappa shape index (κ1) is 29.9. The molecular formula is C22H25Cl2N4O9P. The SMILES string of the molecule is CC(C)OC(=O)[C@H](C)O[P@](=O)(OC[C@H]1O[C@@H](n2ncc(N)nc2=O)C(Cl)(C#CCl)[C@H]1O)Oc1ccccc1. The molecule has 3 N–H and O–H groups in total. The van der Waals surface area contributed by atoms with E-state index in [4.69, 9.17) is 52.0 Å². The summed E-state index contributed by atoms with van der Waals surface area (Å²) >= 11 is 12.1. The number of para-hydroxylation sites is 1. The van der Waals surface area contributed by atoms with Gasteiger partial charge in [0, 0.05) is 5.38 Å². The van der Waals surface area contributed by atoms with Crippen molar-refractivity contribution in [2.24, 2.45) is 0 Å². The van der Waals surface area contributed by atoms with Gasteiger partial charge >= 0.3 is 19.5 Å². The van der Waals surface area contributed by atoms with E-state index in [0.29, 0.717) is 4.68 Å². The Morgan fingerprint density at radius 3 is 2.63 bits per heavy atom. The quantitative estimate of drug-likeness (QED) is 0.179. The lowest BCUT2D eigenvalue weighted by molar-refractivity contribution is -0.156. The van der Waals surface area contributed by atoms with Gasteiger partial charge in [-0.15, -0.1) is 0 Å². The summed E-state index contributed by atoms with van der Waals surface area (Å²) in [6, 6.07) is 7.90. The summed E-state index contributed by atoms with van der Waals surface area (Å²) in [5.74, 6) is 1.53. The molecule has 0 bridgehead atoms. The van der Waals surface area contributed by atoms with Gasteiger partial charge in [-0.2, -0.15) is 14.8 Å². The van der Waals surface area contributed by atoms with E-state index in [-0.39, 0.29) is 11.6 Å². The van der Waals surface area contributed by atoms with Crippen LogP contribution < -0.4 is 15.9 Å². The lowest BCUT2D eigenvalue weighted by Crippen LogP contribution is -2.44. The average molecular weight is 591 g/mol. The van der Waals surface area contributed by atoms with Crippen molar-refractivity contribution < 1.29 is 37.5 Å². The third kappa shape index (κ3) is 7.03. The van der Waals surface area contributed by atoms with E-state index < -0.39 is 61.6 Å². The Hall–Kier alpha value is -2.69. The number of hydrogen-bond donors (Lipinski definition) is 2. The highest BCUT2D eigenvalue weighted by atomic mass is 35.5. The van der Waals surface area contributed by atoms with Gasteiger partial charge in [-0.1, -0.05) is 35.7 Å². The van der Waals surface area contributed by atoms with Crippen LogP contribution in [-0.2, 0) is 27.9 Å². The van der Waals surface area contributed by atoms with Gasteiger partial charge < -0.3 is 24.8 Å². The van der Waals surface area contributed by atoms with Gasteiger partial charge in [0.05, 0.1) is 18.9 Å². The number of benzene rings is 1. The molecule has 38 heavy (non-hydrogen) atoms. The molecule has 1 aliphatic heterocycles. The molecule has 2 aromatic rings. The van der Waals surface area contributed by atoms with Crippen LogP contribution in [0.3, 0.4) is 0 Å². The van der Waals surface area contributed by atoms with E-state index in [1.165, 1.54) is 19.1 Å². The molecule has 1 fully saturated rings. The monoisotopic (exact) mass is 590 g/mol. The predicted molar refractivity (Wildman–Crippen MR) is 135 cm³/mol. The summed E-state index contributed by atoms with van der Waals surface area (Å²) < 4.78 is 41.4. The summed E-state index contributed by atoms with van der Waals surface area (Å²) in [5, 5.41) is 16.8. The normalized spacial score (nSPS) is 25.2. The fraction of sp³-hybridized carbons (Fsp3) is 0.455. The van der Waals surface area contributed by atoms with Crippen molar-refractivity contribution in [2.75, 3.05) is 12.3 Å². The molecule has 0 spiro atoms. The molecule has 2 heterocycles. The zero-order chi connectivity index (χ0) is 28.1. The van der Waals surface area contributed by atoms with Gasteiger partial charge in [0.2, 0.25) is 0 Å². The van der Waals surface area contributed by atoms with Crippen molar-refractivity contribution in [3.63, 3.8) is 0 Å². The van der Waals surface area contributed by atoms with Crippen molar-refractivity contribution in [3.8, 4) is 17.0 Å². The van der Waals surface area contributed by atoms with Crippen LogP contribution in [0, 0.1) is 11.3 Å². The first-order valence-electron chi connectivity index (χ1n) is 11.1. The number of phosphoric ester groups is 1. The van der Waals surface area contributed by atoms with Crippen LogP contribution >= 0.6 is 31.0 Å². The van der Waals surface area contributed by atoms with Crippen LogP contribution in [0.15, 0.2) is 41.3 Å². The van der Waals surface area contributed by atoms with Gasteiger partial charge in [-0.05, 0) is 44.5 Å². The highest BCUT2D eigenvalue weighted by Crippen LogP contribution is 2.52. The van der Waals surface area contributed by atoms with Crippen LogP contribution in [0.1, 0.15) is 27.0 Å². The largest absolute Gasteiger partial charge is 0.530 e. The van der Waals surface area contributed by atoms with E-state index in [2.05, 4.69) is 21.4 Å². The minimum atomic E-state index is -4.55. The zero-order valence-corrected chi connectivity index (χ0v) is 22.8. The maximum absolute atomic E-state index is 13.6. The van der Waals surface area contributed by atoms with Crippen molar-refractivity contribution >= 4 is 42.8 Å². The summed E-state index contributed by atoms with van der Waals surface area (Å²) in [6.45, 7) is 3.92. The van der Waals surface area contributed by atoms with Crippen molar-refractivity contribution in [1.82, 2.24) is 14.8 Å². The topological polar surface area (TPSA) is 174 Å². The van der Waals surface area contributed by atoms with Gasteiger partial charge in [-0.25, -0.2) is 14.2 Å². The third-order valence-electron chi connectivity index (χ3n) is 4.97. The number of hydrogen-bond acceptors (Lipinski definition) is 12. The Balaban J connectivity index is 1.86. The maximum Gasteiger partial charge on any atom is 0.530 e. The Morgan fingerprint density at radius 2 is 2.03 bits per heavy atom. The number of aliphatic hydroxyl groups excluding tert-OH is 1. The molecule has 1 aliphatic rings. The Morgan fingerprint density at radius 1 is 1.34 bits per heavy atom. The van der Waals surface area contributed by atoms with E-state index in [0.717, 1.165) is 6.20 Å². The van der Waals surface area contributed by atoms with Crippen molar-refractivity contribution in [3.05, 3.63) is 47.0 Å². The summed E-state index contributed by atoms with van der Waals surface area (Å²) in [6.07, 6.45) is -5.25. The summed E-state index contributed by atoms with van der Waals surface area (Å²) in [7, 11) is -4.55. The number of nitrogens with two attached hydrogens (primary N) is 1. The number of aromatic nitrogens is 3. The number of esters is 1. The summed E-state index contributed by atoms with van der Waals surface area (Å²) in [4.78, 5) is 26.2. The highest BCUT2D eigenvalue weighted by molar-refractivity contribution is 7.49.